The van der Waals surface area contributed by atoms with Gasteiger partial charge in [0, 0.05) is 12.6 Å². The van der Waals surface area contributed by atoms with Crippen LogP contribution in [0.3, 0.4) is 0 Å². The van der Waals surface area contributed by atoms with Gasteiger partial charge in [0.2, 0.25) is 0 Å². The van der Waals surface area contributed by atoms with Crippen LogP contribution in [0.15, 0.2) is 0 Å². The molecule has 1 unspecified atom stereocenters. The zero-order valence-electron chi connectivity index (χ0n) is 10.7. The average Bonchev–Trinajstić information content (AvgIpc) is 2.89. The topological polar surface area (TPSA) is 12.0 Å². The van der Waals surface area contributed by atoms with Gasteiger partial charge < -0.3 is 5.32 Å². The summed E-state index contributed by atoms with van der Waals surface area (Å²) in [6.07, 6.45) is 8.77. The van der Waals surface area contributed by atoms with E-state index in [0.717, 1.165) is 17.9 Å². The van der Waals surface area contributed by atoms with E-state index in [2.05, 4.69) is 26.1 Å². The summed E-state index contributed by atoms with van der Waals surface area (Å²) in [6.45, 7) is 8.39. The molecule has 88 valence electrons. The van der Waals surface area contributed by atoms with Crippen LogP contribution in [0.2, 0.25) is 0 Å². The van der Waals surface area contributed by atoms with Gasteiger partial charge in [-0.1, -0.05) is 33.1 Å². The molecule has 0 amide bonds. The highest BCUT2D eigenvalue weighted by molar-refractivity contribution is 4.97. The van der Waals surface area contributed by atoms with E-state index in [0.29, 0.717) is 5.41 Å². The molecule has 0 bridgehead atoms. The molecule has 0 aromatic heterocycles. The second-order valence-corrected chi connectivity index (χ2v) is 6.33. The minimum Gasteiger partial charge on any atom is -0.314 e. The summed E-state index contributed by atoms with van der Waals surface area (Å²) in [5.74, 6) is 1.91. The first-order chi connectivity index (χ1) is 7.12. The van der Waals surface area contributed by atoms with Crippen molar-refractivity contribution < 1.29 is 0 Å². The number of hydrogen-bond acceptors (Lipinski definition) is 1. The molecule has 0 spiro atoms. The van der Waals surface area contributed by atoms with Crippen LogP contribution in [-0.2, 0) is 0 Å². The third-order valence-electron chi connectivity index (χ3n) is 4.83. The normalized spacial score (nSPS) is 26.4. The van der Waals surface area contributed by atoms with Crippen LogP contribution in [0.4, 0.5) is 0 Å². The lowest BCUT2D eigenvalue weighted by Crippen LogP contribution is -2.36. The fourth-order valence-corrected chi connectivity index (χ4v) is 2.81. The predicted octanol–water partition coefficient (Wildman–Crippen LogP) is 3.59. The fourth-order valence-electron chi connectivity index (χ4n) is 2.81. The van der Waals surface area contributed by atoms with Gasteiger partial charge in [0.1, 0.15) is 0 Å². The Morgan fingerprint density at radius 3 is 2.27 bits per heavy atom. The first-order valence-corrected chi connectivity index (χ1v) is 6.86. The SMILES string of the molecule is CC(CC1CCC1)NCC1(C(C)C)CC1. The van der Waals surface area contributed by atoms with E-state index in [-0.39, 0.29) is 0 Å². The molecular formula is C14H27N. The molecule has 0 radical (unpaired) electrons. The summed E-state index contributed by atoms with van der Waals surface area (Å²) in [5.41, 5.74) is 0.674. The maximum absolute atomic E-state index is 3.77. The Morgan fingerprint density at radius 2 is 1.87 bits per heavy atom. The van der Waals surface area contributed by atoms with Crippen LogP contribution in [0.5, 0.6) is 0 Å². The third kappa shape index (κ3) is 2.75. The molecule has 2 aliphatic rings. The van der Waals surface area contributed by atoms with Gasteiger partial charge in [0.25, 0.3) is 0 Å². The van der Waals surface area contributed by atoms with Crippen LogP contribution >= 0.6 is 0 Å². The van der Waals surface area contributed by atoms with Crippen LogP contribution in [-0.4, -0.2) is 12.6 Å². The molecule has 2 fully saturated rings. The summed E-state index contributed by atoms with van der Waals surface area (Å²) in [4.78, 5) is 0. The van der Waals surface area contributed by atoms with Crippen molar-refractivity contribution in [1.29, 1.82) is 0 Å². The van der Waals surface area contributed by atoms with Crippen molar-refractivity contribution >= 4 is 0 Å². The highest BCUT2D eigenvalue weighted by atomic mass is 14.9. The Morgan fingerprint density at radius 1 is 1.20 bits per heavy atom. The number of rotatable bonds is 6. The monoisotopic (exact) mass is 209 g/mol. The average molecular weight is 209 g/mol. The van der Waals surface area contributed by atoms with Crippen molar-refractivity contribution in [3.8, 4) is 0 Å². The van der Waals surface area contributed by atoms with Gasteiger partial charge in [-0.05, 0) is 43.4 Å². The molecule has 0 aromatic carbocycles. The molecule has 1 atom stereocenters. The van der Waals surface area contributed by atoms with Crippen molar-refractivity contribution in [3.63, 3.8) is 0 Å². The number of nitrogens with one attached hydrogen (secondary N) is 1. The van der Waals surface area contributed by atoms with Crippen LogP contribution < -0.4 is 5.32 Å². The molecule has 1 N–H and O–H groups in total. The van der Waals surface area contributed by atoms with E-state index >= 15 is 0 Å². The second kappa shape index (κ2) is 4.45. The molecule has 2 aliphatic carbocycles. The first-order valence-electron chi connectivity index (χ1n) is 6.86. The fraction of sp³-hybridized carbons (Fsp3) is 1.00. The molecule has 2 saturated carbocycles. The van der Waals surface area contributed by atoms with E-state index in [9.17, 15) is 0 Å². The van der Waals surface area contributed by atoms with Gasteiger partial charge in [-0.15, -0.1) is 0 Å². The van der Waals surface area contributed by atoms with E-state index in [1.54, 1.807) is 0 Å². The van der Waals surface area contributed by atoms with Crippen molar-refractivity contribution in [2.45, 2.75) is 65.3 Å². The Labute approximate surface area is 95.0 Å². The number of hydrogen-bond donors (Lipinski definition) is 1. The summed E-state index contributed by atoms with van der Waals surface area (Å²) in [6, 6.07) is 0.742. The zero-order valence-corrected chi connectivity index (χ0v) is 10.7. The van der Waals surface area contributed by atoms with E-state index in [4.69, 9.17) is 0 Å². The van der Waals surface area contributed by atoms with Crippen LogP contribution in [0.25, 0.3) is 0 Å². The Kier molecular flexibility index (Phi) is 3.39. The lowest BCUT2D eigenvalue weighted by atomic mass is 9.81. The molecule has 0 aliphatic heterocycles. The van der Waals surface area contributed by atoms with E-state index in [1.807, 2.05) is 0 Å². The molecule has 0 saturated heterocycles. The molecule has 2 rings (SSSR count). The van der Waals surface area contributed by atoms with Crippen LogP contribution in [0, 0.1) is 17.3 Å². The molecule has 0 heterocycles. The standard InChI is InChI=1S/C14H27N/c1-11(2)14(7-8-14)10-15-12(3)9-13-5-4-6-13/h11-13,15H,4-10H2,1-3H3. The van der Waals surface area contributed by atoms with Gasteiger partial charge in [0.15, 0.2) is 0 Å². The lowest BCUT2D eigenvalue weighted by molar-refractivity contribution is 0.250. The summed E-state index contributed by atoms with van der Waals surface area (Å²) in [7, 11) is 0. The van der Waals surface area contributed by atoms with Gasteiger partial charge in [-0.2, -0.15) is 0 Å². The second-order valence-electron chi connectivity index (χ2n) is 6.33. The molecule has 0 aromatic rings. The van der Waals surface area contributed by atoms with Gasteiger partial charge in [-0.3, -0.25) is 0 Å². The van der Waals surface area contributed by atoms with Crippen molar-refractivity contribution in [2.24, 2.45) is 17.3 Å². The van der Waals surface area contributed by atoms with Crippen LogP contribution in [0.1, 0.15) is 59.3 Å². The van der Waals surface area contributed by atoms with E-state index in [1.165, 1.54) is 45.1 Å². The minimum atomic E-state index is 0.674. The van der Waals surface area contributed by atoms with Crippen molar-refractivity contribution in [2.75, 3.05) is 6.54 Å². The molecule has 15 heavy (non-hydrogen) atoms. The summed E-state index contributed by atoms with van der Waals surface area (Å²) < 4.78 is 0. The third-order valence-corrected chi connectivity index (χ3v) is 4.83. The van der Waals surface area contributed by atoms with Gasteiger partial charge in [-0.25, -0.2) is 0 Å². The highest BCUT2D eigenvalue weighted by Crippen LogP contribution is 2.51. The molecule has 1 heteroatoms. The maximum atomic E-state index is 3.77. The summed E-state index contributed by atoms with van der Waals surface area (Å²) in [5, 5.41) is 3.77. The lowest BCUT2D eigenvalue weighted by Gasteiger charge is -2.30. The Bertz CT molecular complexity index is 201. The largest absolute Gasteiger partial charge is 0.314 e. The van der Waals surface area contributed by atoms with Gasteiger partial charge >= 0.3 is 0 Å². The first kappa shape index (κ1) is 11.4. The van der Waals surface area contributed by atoms with Crippen molar-refractivity contribution in [1.82, 2.24) is 5.32 Å². The molecular weight excluding hydrogens is 182 g/mol. The quantitative estimate of drug-likeness (QED) is 0.705. The maximum Gasteiger partial charge on any atom is 0.00415 e. The minimum absolute atomic E-state index is 0.674. The summed E-state index contributed by atoms with van der Waals surface area (Å²) >= 11 is 0. The highest BCUT2D eigenvalue weighted by Gasteiger charge is 2.44. The smallest absolute Gasteiger partial charge is 0.00415 e. The Balaban J connectivity index is 1.64. The zero-order chi connectivity index (χ0) is 10.9. The molecule has 1 nitrogen and oxygen atoms in total. The van der Waals surface area contributed by atoms with Gasteiger partial charge in [0.05, 0.1) is 0 Å². The Hall–Kier alpha value is -0.0400. The van der Waals surface area contributed by atoms with Crippen molar-refractivity contribution in [3.05, 3.63) is 0 Å². The predicted molar refractivity (Wildman–Crippen MR) is 65.9 cm³/mol. The van der Waals surface area contributed by atoms with E-state index < -0.39 is 0 Å².